The summed E-state index contributed by atoms with van der Waals surface area (Å²) in [5.41, 5.74) is 4.77. The van der Waals surface area contributed by atoms with Gasteiger partial charge in [0.25, 0.3) is 0 Å². The fourth-order valence-electron chi connectivity index (χ4n) is 3.70. The van der Waals surface area contributed by atoms with Crippen LogP contribution in [0.15, 0.2) is 73.1 Å². The lowest BCUT2D eigenvalue weighted by molar-refractivity contribution is 0.0912. The minimum Gasteiger partial charge on any atom is -0.492 e. The number of benzene rings is 2. The minimum absolute atomic E-state index is 0.0634. The van der Waals surface area contributed by atoms with E-state index in [2.05, 4.69) is 58.4 Å². The Morgan fingerprint density at radius 3 is 2.75 bits per heavy atom. The van der Waals surface area contributed by atoms with Gasteiger partial charge >= 0.3 is 0 Å². The Kier molecular flexibility index (Phi) is 6.00. The predicted octanol–water partition coefficient (Wildman–Crippen LogP) is 4.60. The molecule has 4 heteroatoms. The molecule has 1 aliphatic heterocycles. The number of fused-ring (bicyclic) bond motifs is 1. The van der Waals surface area contributed by atoms with Crippen molar-refractivity contribution in [3.05, 3.63) is 95.3 Å². The van der Waals surface area contributed by atoms with Crippen LogP contribution in [0.4, 0.5) is 0 Å². The van der Waals surface area contributed by atoms with Gasteiger partial charge in [0, 0.05) is 44.2 Å². The molecule has 0 fully saturated rings. The first-order valence-electron chi connectivity index (χ1n) is 9.87. The van der Waals surface area contributed by atoms with Crippen LogP contribution in [0.3, 0.4) is 0 Å². The minimum atomic E-state index is -0.0634. The van der Waals surface area contributed by atoms with E-state index in [1.54, 1.807) is 0 Å². The average molecular weight is 374 g/mol. The van der Waals surface area contributed by atoms with E-state index in [-0.39, 0.29) is 6.10 Å². The maximum absolute atomic E-state index is 6.10. The Morgan fingerprint density at radius 2 is 1.96 bits per heavy atom. The van der Waals surface area contributed by atoms with Crippen molar-refractivity contribution in [2.75, 3.05) is 19.8 Å². The van der Waals surface area contributed by atoms with Crippen molar-refractivity contribution in [2.45, 2.75) is 26.1 Å². The Morgan fingerprint density at radius 1 is 1.07 bits per heavy atom. The maximum Gasteiger partial charge on any atom is 0.123 e. The molecule has 3 aromatic rings. The number of rotatable bonds is 6. The summed E-state index contributed by atoms with van der Waals surface area (Å²) >= 11 is 0. The smallest absolute Gasteiger partial charge is 0.123 e. The topological polar surface area (TPSA) is 34.6 Å². The van der Waals surface area contributed by atoms with Gasteiger partial charge in [-0.2, -0.15) is 0 Å². The highest BCUT2D eigenvalue weighted by Crippen LogP contribution is 2.31. The number of hydrogen-bond acceptors (Lipinski definition) is 4. The largest absolute Gasteiger partial charge is 0.492 e. The summed E-state index contributed by atoms with van der Waals surface area (Å²) in [7, 11) is 0. The second-order valence-corrected chi connectivity index (χ2v) is 7.03. The molecule has 0 N–H and O–H groups in total. The highest BCUT2D eigenvalue weighted by atomic mass is 16.5. The second-order valence-electron chi connectivity index (χ2n) is 7.03. The molecule has 2 heterocycles. The van der Waals surface area contributed by atoms with Gasteiger partial charge in [0.2, 0.25) is 0 Å². The lowest BCUT2D eigenvalue weighted by Crippen LogP contribution is -2.25. The van der Waals surface area contributed by atoms with Crippen LogP contribution < -0.4 is 4.74 Å². The molecule has 1 unspecified atom stereocenters. The Labute approximate surface area is 166 Å². The van der Waals surface area contributed by atoms with Crippen molar-refractivity contribution in [3.63, 3.8) is 0 Å². The average Bonchev–Trinajstić information content (AvgIpc) is 2.94. The molecule has 0 amide bonds. The molecular formula is C24H26N2O2. The lowest BCUT2D eigenvalue weighted by atomic mass is 9.98. The fraction of sp³-hybridized carbons (Fsp3) is 0.292. The van der Waals surface area contributed by atoms with E-state index in [9.17, 15) is 0 Å². The van der Waals surface area contributed by atoms with Gasteiger partial charge in [-0.15, -0.1) is 0 Å². The van der Waals surface area contributed by atoms with Crippen LogP contribution in [0.5, 0.6) is 5.75 Å². The zero-order chi connectivity index (χ0) is 19.2. The van der Waals surface area contributed by atoms with Crippen LogP contribution in [0.25, 0.3) is 0 Å². The molecule has 28 heavy (non-hydrogen) atoms. The molecular weight excluding hydrogens is 348 g/mol. The molecule has 4 rings (SSSR count). The highest BCUT2D eigenvalue weighted by Gasteiger charge is 2.20. The molecule has 0 saturated carbocycles. The quantitative estimate of drug-likeness (QED) is 0.631. The fourth-order valence-corrected chi connectivity index (χ4v) is 3.70. The van der Waals surface area contributed by atoms with Gasteiger partial charge in [-0.25, -0.2) is 0 Å². The van der Waals surface area contributed by atoms with Crippen molar-refractivity contribution >= 4 is 0 Å². The molecule has 144 valence electrons. The monoisotopic (exact) mass is 374 g/mol. The summed E-state index contributed by atoms with van der Waals surface area (Å²) < 4.78 is 12.1. The molecule has 1 atom stereocenters. The van der Waals surface area contributed by atoms with Crippen LogP contribution in [0.2, 0.25) is 0 Å². The van der Waals surface area contributed by atoms with Crippen molar-refractivity contribution in [1.82, 2.24) is 9.88 Å². The third-order valence-electron chi connectivity index (χ3n) is 5.01. The summed E-state index contributed by atoms with van der Waals surface area (Å²) in [6, 6.07) is 21.0. The number of hydrogen-bond donors (Lipinski definition) is 0. The van der Waals surface area contributed by atoms with Crippen molar-refractivity contribution in [1.29, 1.82) is 0 Å². The van der Waals surface area contributed by atoms with Crippen LogP contribution in [0.1, 0.15) is 35.3 Å². The molecule has 0 bridgehead atoms. The first kappa shape index (κ1) is 18.7. The highest BCUT2D eigenvalue weighted by molar-refractivity contribution is 5.41. The van der Waals surface area contributed by atoms with Gasteiger partial charge in [0.05, 0.1) is 0 Å². The Hall–Kier alpha value is -2.69. The first-order chi connectivity index (χ1) is 13.8. The number of nitrogens with zero attached hydrogens (tertiary/aromatic N) is 2. The van der Waals surface area contributed by atoms with Gasteiger partial charge in [0.1, 0.15) is 18.5 Å². The van der Waals surface area contributed by atoms with E-state index in [1.165, 1.54) is 22.3 Å². The molecule has 1 aromatic heterocycles. The third-order valence-corrected chi connectivity index (χ3v) is 5.01. The standard InChI is InChI=1S/C24H26N2O2/c1-2-27-24(20-8-4-3-5-9-20)21-10-11-23-22(15-21)18-26(13-14-28-23)17-19-7-6-12-25-16-19/h3-12,15-16,24H,2,13-14,17-18H2,1H3. The van der Waals surface area contributed by atoms with E-state index in [1.807, 2.05) is 31.5 Å². The van der Waals surface area contributed by atoms with E-state index in [0.717, 1.165) is 25.4 Å². The van der Waals surface area contributed by atoms with Crippen molar-refractivity contribution < 1.29 is 9.47 Å². The molecule has 0 aliphatic carbocycles. The van der Waals surface area contributed by atoms with E-state index in [0.29, 0.717) is 13.2 Å². The summed E-state index contributed by atoms with van der Waals surface area (Å²) in [6.07, 6.45) is 3.68. The number of ether oxygens (including phenoxy) is 2. The number of pyridine rings is 1. The zero-order valence-electron chi connectivity index (χ0n) is 16.3. The van der Waals surface area contributed by atoms with Gasteiger partial charge < -0.3 is 9.47 Å². The predicted molar refractivity (Wildman–Crippen MR) is 110 cm³/mol. The van der Waals surface area contributed by atoms with Crippen molar-refractivity contribution in [2.24, 2.45) is 0 Å². The lowest BCUT2D eigenvalue weighted by Gasteiger charge is -2.21. The van der Waals surface area contributed by atoms with E-state index in [4.69, 9.17) is 9.47 Å². The summed E-state index contributed by atoms with van der Waals surface area (Å²) in [6.45, 7) is 6.02. The third kappa shape index (κ3) is 4.41. The Balaban J connectivity index is 1.59. The van der Waals surface area contributed by atoms with Crippen LogP contribution in [-0.4, -0.2) is 29.6 Å². The van der Waals surface area contributed by atoms with Crippen LogP contribution in [0, 0.1) is 0 Å². The molecule has 1 aliphatic rings. The normalized spacial score (nSPS) is 15.3. The van der Waals surface area contributed by atoms with Crippen LogP contribution in [-0.2, 0) is 17.8 Å². The molecule has 0 radical (unpaired) electrons. The van der Waals surface area contributed by atoms with Crippen molar-refractivity contribution in [3.8, 4) is 5.75 Å². The maximum atomic E-state index is 6.10. The van der Waals surface area contributed by atoms with Gasteiger partial charge in [-0.05, 0) is 41.8 Å². The SMILES string of the molecule is CCOC(c1ccccc1)c1ccc2c(c1)CN(Cc1cccnc1)CCO2. The second kappa shape index (κ2) is 9.00. The molecule has 0 saturated heterocycles. The first-order valence-corrected chi connectivity index (χ1v) is 9.87. The summed E-state index contributed by atoms with van der Waals surface area (Å²) in [4.78, 5) is 6.64. The van der Waals surface area contributed by atoms with Gasteiger partial charge in [-0.3, -0.25) is 9.88 Å². The molecule has 2 aromatic carbocycles. The number of aromatic nitrogens is 1. The van der Waals surface area contributed by atoms with E-state index < -0.39 is 0 Å². The molecule has 4 nitrogen and oxygen atoms in total. The molecule has 0 spiro atoms. The zero-order valence-corrected chi connectivity index (χ0v) is 16.3. The Bertz CT molecular complexity index is 884. The van der Waals surface area contributed by atoms with Gasteiger partial charge in [-0.1, -0.05) is 42.5 Å². The van der Waals surface area contributed by atoms with Gasteiger partial charge in [0.15, 0.2) is 0 Å². The van der Waals surface area contributed by atoms with E-state index >= 15 is 0 Å². The summed E-state index contributed by atoms with van der Waals surface area (Å²) in [5.74, 6) is 0.973. The van der Waals surface area contributed by atoms with Crippen LogP contribution >= 0.6 is 0 Å². The summed E-state index contributed by atoms with van der Waals surface area (Å²) in [5, 5.41) is 0.